The summed E-state index contributed by atoms with van der Waals surface area (Å²) in [6.07, 6.45) is 1.02. The Bertz CT molecular complexity index is 678. The molecule has 0 saturated carbocycles. The van der Waals surface area contributed by atoms with E-state index in [-0.39, 0.29) is 25.2 Å². The second kappa shape index (κ2) is 7.73. The van der Waals surface area contributed by atoms with E-state index in [1.165, 1.54) is 12.1 Å². The van der Waals surface area contributed by atoms with Crippen LogP contribution in [0.1, 0.15) is 15.9 Å². The van der Waals surface area contributed by atoms with Crippen molar-refractivity contribution in [2.45, 2.75) is 0 Å². The molecule has 6 nitrogen and oxygen atoms in total. The Morgan fingerprint density at radius 1 is 1.38 bits per heavy atom. The SMILES string of the molecule is CS(=O)(=O)NCCNC(=O)c1cc(F)ccc1C#CCN. The van der Waals surface area contributed by atoms with Gasteiger partial charge < -0.3 is 11.1 Å². The van der Waals surface area contributed by atoms with Gasteiger partial charge in [-0.1, -0.05) is 11.8 Å². The number of carbonyl (C=O) groups excluding carboxylic acids is 1. The molecular weight excluding hydrogens is 297 g/mol. The van der Waals surface area contributed by atoms with E-state index in [9.17, 15) is 17.6 Å². The fraction of sp³-hybridized carbons (Fsp3) is 0.308. The van der Waals surface area contributed by atoms with E-state index in [4.69, 9.17) is 5.73 Å². The van der Waals surface area contributed by atoms with Crippen molar-refractivity contribution >= 4 is 15.9 Å². The standard InChI is InChI=1S/C13H16FN3O3S/c1-21(19,20)17-8-7-16-13(18)12-9-11(14)5-4-10(12)3-2-6-15/h4-5,9,17H,6-8,15H2,1H3,(H,16,18). The second-order valence-electron chi connectivity index (χ2n) is 4.12. The van der Waals surface area contributed by atoms with E-state index in [1.54, 1.807) is 0 Å². The maximum atomic E-state index is 13.2. The van der Waals surface area contributed by atoms with E-state index >= 15 is 0 Å². The summed E-state index contributed by atoms with van der Waals surface area (Å²) in [4.78, 5) is 12.0. The van der Waals surface area contributed by atoms with Crippen LogP contribution in [-0.2, 0) is 10.0 Å². The van der Waals surface area contributed by atoms with Gasteiger partial charge >= 0.3 is 0 Å². The molecule has 0 heterocycles. The van der Waals surface area contributed by atoms with Crippen molar-refractivity contribution in [3.63, 3.8) is 0 Å². The number of benzene rings is 1. The average molecular weight is 313 g/mol. The zero-order valence-corrected chi connectivity index (χ0v) is 12.3. The van der Waals surface area contributed by atoms with Gasteiger partial charge in [-0.2, -0.15) is 0 Å². The highest BCUT2D eigenvalue weighted by molar-refractivity contribution is 7.88. The highest BCUT2D eigenvalue weighted by atomic mass is 32.2. The minimum absolute atomic E-state index is 0.0453. The summed E-state index contributed by atoms with van der Waals surface area (Å²) in [5.41, 5.74) is 5.69. The summed E-state index contributed by atoms with van der Waals surface area (Å²) in [7, 11) is -3.31. The average Bonchev–Trinajstić information content (AvgIpc) is 2.41. The molecule has 0 aliphatic rings. The number of nitrogens with two attached hydrogens (primary N) is 1. The smallest absolute Gasteiger partial charge is 0.252 e. The Morgan fingerprint density at radius 3 is 2.71 bits per heavy atom. The van der Waals surface area contributed by atoms with Crippen LogP contribution in [0.4, 0.5) is 4.39 Å². The number of nitrogens with one attached hydrogen (secondary N) is 2. The molecule has 0 aliphatic carbocycles. The first-order valence-corrected chi connectivity index (χ1v) is 7.94. The van der Waals surface area contributed by atoms with Crippen LogP contribution in [0, 0.1) is 17.7 Å². The van der Waals surface area contributed by atoms with Gasteiger partial charge in [-0.05, 0) is 18.2 Å². The third-order valence-electron chi connectivity index (χ3n) is 2.33. The fourth-order valence-electron chi connectivity index (χ4n) is 1.47. The molecule has 0 aromatic heterocycles. The minimum atomic E-state index is -3.31. The minimum Gasteiger partial charge on any atom is -0.351 e. The topological polar surface area (TPSA) is 101 Å². The highest BCUT2D eigenvalue weighted by Crippen LogP contribution is 2.10. The van der Waals surface area contributed by atoms with Crippen molar-refractivity contribution in [3.05, 3.63) is 35.1 Å². The van der Waals surface area contributed by atoms with Gasteiger partial charge in [-0.15, -0.1) is 0 Å². The Kier molecular flexibility index (Phi) is 6.30. The number of hydrogen-bond acceptors (Lipinski definition) is 4. The van der Waals surface area contributed by atoms with Crippen LogP contribution in [0.5, 0.6) is 0 Å². The zero-order valence-electron chi connectivity index (χ0n) is 11.4. The van der Waals surface area contributed by atoms with Gasteiger partial charge in [-0.25, -0.2) is 17.5 Å². The number of rotatable bonds is 5. The lowest BCUT2D eigenvalue weighted by Crippen LogP contribution is -2.34. The van der Waals surface area contributed by atoms with Crippen LogP contribution in [0.15, 0.2) is 18.2 Å². The summed E-state index contributed by atoms with van der Waals surface area (Å²) in [5.74, 6) is 4.17. The van der Waals surface area contributed by atoms with Crippen molar-refractivity contribution < 1.29 is 17.6 Å². The Morgan fingerprint density at radius 2 is 2.10 bits per heavy atom. The van der Waals surface area contributed by atoms with Gasteiger partial charge in [0.05, 0.1) is 18.4 Å². The monoisotopic (exact) mass is 313 g/mol. The van der Waals surface area contributed by atoms with Gasteiger partial charge in [0.1, 0.15) is 5.82 Å². The van der Waals surface area contributed by atoms with Crippen LogP contribution in [0.3, 0.4) is 0 Å². The maximum absolute atomic E-state index is 13.2. The first-order valence-electron chi connectivity index (χ1n) is 6.05. The Hall–Kier alpha value is -1.95. The van der Waals surface area contributed by atoms with Crippen LogP contribution in [-0.4, -0.2) is 40.2 Å². The quantitative estimate of drug-likeness (QED) is 0.500. The maximum Gasteiger partial charge on any atom is 0.252 e. The predicted molar refractivity (Wildman–Crippen MR) is 77.5 cm³/mol. The Labute approximate surface area is 123 Å². The van der Waals surface area contributed by atoms with E-state index < -0.39 is 21.7 Å². The number of hydrogen-bond donors (Lipinski definition) is 3. The number of carbonyl (C=O) groups is 1. The third kappa shape index (κ3) is 6.35. The van der Waals surface area contributed by atoms with Gasteiger partial charge in [0.2, 0.25) is 10.0 Å². The van der Waals surface area contributed by atoms with Gasteiger partial charge in [-0.3, -0.25) is 4.79 Å². The molecular formula is C13H16FN3O3S. The molecule has 0 unspecified atom stereocenters. The molecule has 1 aromatic rings. The first-order chi connectivity index (χ1) is 9.83. The molecule has 21 heavy (non-hydrogen) atoms. The lowest BCUT2D eigenvalue weighted by atomic mass is 10.1. The van der Waals surface area contributed by atoms with Gasteiger partial charge in [0, 0.05) is 18.7 Å². The third-order valence-corrected chi connectivity index (χ3v) is 3.05. The summed E-state index contributed by atoms with van der Waals surface area (Å²) in [5, 5.41) is 2.48. The normalized spacial score (nSPS) is 10.6. The van der Waals surface area contributed by atoms with Gasteiger partial charge in [0.25, 0.3) is 5.91 Å². The molecule has 0 bridgehead atoms. The number of sulfonamides is 1. The van der Waals surface area contributed by atoms with Crippen LogP contribution in [0.25, 0.3) is 0 Å². The van der Waals surface area contributed by atoms with Crippen molar-refractivity contribution in [1.29, 1.82) is 0 Å². The van der Waals surface area contributed by atoms with E-state index in [0.717, 1.165) is 12.3 Å². The van der Waals surface area contributed by atoms with E-state index in [2.05, 4.69) is 21.9 Å². The first kappa shape index (κ1) is 17.1. The molecule has 0 atom stereocenters. The largest absolute Gasteiger partial charge is 0.351 e. The van der Waals surface area contributed by atoms with E-state index in [0.29, 0.717) is 5.56 Å². The second-order valence-corrected chi connectivity index (χ2v) is 5.95. The van der Waals surface area contributed by atoms with Crippen LogP contribution < -0.4 is 15.8 Å². The van der Waals surface area contributed by atoms with Gasteiger partial charge in [0.15, 0.2) is 0 Å². The molecule has 8 heteroatoms. The van der Waals surface area contributed by atoms with Crippen molar-refractivity contribution in [2.75, 3.05) is 25.9 Å². The summed E-state index contributed by atoms with van der Waals surface area (Å²) in [6, 6.07) is 3.66. The molecule has 0 fully saturated rings. The zero-order chi connectivity index (χ0) is 15.9. The van der Waals surface area contributed by atoms with Crippen LogP contribution in [0.2, 0.25) is 0 Å². The van der Waals surface area contributed by atoms with Crippen molar-refractivity contribution in [2.24, 2.45) is 5.73 Å². The van der Waals surface area contributed by atoms with Crippen LogP contribution >= 0.6 is 0 Å². The fourth-order valence-corrected chi connectivity index (χ4v) is 1.94. The Balaban J connectivity index is 2.75. The molecule has 1 rings (SSSR count). The molecule has 114 valence electrons. The molecule has 0 saturated heterocycles. The molecule has 4 N–H and O–H groups in total. The molecule has 1 amide bonds. The summed E-state index contributed by atoms with van der Waals surface area (Å²) in [6.45, 7) is 0.243. The lowest BCUT2D eigenvalue weighted by molar-refractivity contribution is 0.0953. The van der Waals surface area contributed by atoms with E-state index in [1.807, 2.05) is 0 Å². The molecule has 1 aromatic carbocycles. The molecule has 0 aliphatic heterocycles. The molecule has 0 radical (unpaired) electrons. The summed E-state index contributed by atoms with van der Waals surface area (Å²) < 4.78 is 37.2. The van der Waals surface area contributed by atoms with Crippen molar-refractivity contribution in [3.8, 4) is 11.8 Å². The highest BCUT2D eigenvalue weighted by Gasteiger charge is 2.11. The lowest BCUT2D eigenvalue weighted by Gasteiger charge is -2.07. The van der Waals surface area contributed by atoms with Crippen molar-refractivity contribution in [1.82, 2.24) is 10.0 Å². The molecule has 0 spiro atoms. The predicted octanol–water partition coefficient (Wildman–Crippen LogP) is -0.585. The summed E-state index contributed by atoms with van der Waals surface area (Å²) >= 11 is 0. The number of amides is 1. The number of halogens is 1.